The van der Waals surface area contributed by atoms with Crippen LogP contribution in [0, 0.1) is 11.8 Å². The number of carbonyl (C=O) groups is 1. The Morgan fingerprint density at radius 1 is 1.37 bits per heavy atom. The van der Waals surface area contributed by atoms with Gasteiger partial charge >= 0.3 is 12.3 Å². The van der Waals surface area contributed by atoms with E-state index in [1.807, 2.05) is 0 Å². The van der Waals surface area contributed by atoms with Gasteiger partial charge in [0.25, 0.3) is 0 Å². The summed E-state index contributed by atoms with van der Waals surface area (Å²) >= 11 is 0. The Bertz CT molecular complexity index is 325. The lowest BCUT2D eigenvalue weighted by Crippen LogP contribution is -2.50. The van der Waals surface area contributed by atoms with Gasteiger partial charge in [-0.2, -0.15) is 13.2 Å². The third kappa shape index (κ3) is 4.56. The first kappa shape index (κ1) is 16.1. The van der Waals surface area contributed by atoms with E-state index in [1.165, 1.54) is 4.90 Å². The topological polar surface area (TPSA) is 49.8 Å². The molecule has 0 aromatic rings. The first-order valence-electron chi connectivity index (χ1n) is 6.20. The van der Waals surface area contributed by atoms with Crippen molar-refractivity contribution in [1.29, 1.82) is 0 Å². The molecular formula is C12H20F3NO3. The van der Waals surface area contributed by atoms with Crippen LogP contribution in [0.15, 0.2) is 0 Å². The average Bonchev–Trinajstić information content (AvgIpc) is 2.24. The molecule has 2 atom stereocenters. The van der Waals surface area contributed by atoms with Crippen molar-refractivity contribution < 1.29 is 27.8 Å². The number of aliphatic hydroxyl groups excluding tert-OH is 1. The van der Waals surface area contributed by atoms with Crippen molar-refractivity contribution in [2.75, 3.05) is 19.7 Å². The summed E-state index contributed by atoms with van der Waals surface area (Å²) in [7, 11) is 0. The van der Waals surface area contributed by atoms with E-state index in [0.29, 0.717) is 0 Å². The number of nitrogens with zero attached hydrogens (tertiary/aromatic N) is 1. The van der Waals surface area contributed by atoms with Crippen LogP contribution in [-0.2, 0) is 4.74 Å². The minimum atomic E-state index is -4.34. The molecule has 2 unspecified atom stereocenters. The van der Waals surface area contributed by atoms with Crippen molar-refractivity contribution in [1.82, 2.24) is 4.90 Å². The number of piperidine rings is 1. The molecule has 1 aliphatic rings. The molecule has 1 heterocycles. The molecule has 0 aliphatic carbocycles. The summed E-state index contributed by atoms with van der Waals surface area (Å²) in [5.74, 6) is -2.54. The molecule has 7 heteroatoms. The molecule has 0 aromatic heterocycles. The molecular weight excluding hydrogens is 263 g/mol. The first-order chi connectivity index (χ1) is 8.54. The maximum Gasteiger partial charge on any atom is 0.410 e. The predicted molar refractivity (Wildman–Crippen MR) is 62.5 cm³/mol. The van der Waals surface area contributed by atoms with Crippen LogP contribution in [0.1, 0.15) is 27.2 Å². The van der Waals surface area contributed by atoms with Gasteiger partial charge in [-0.3, -0.25) is 0 Å². The lowest BCUT2D eigenvalue weighted by atomic mass is 9.85. The van der Waals surface area contributed by atoms with Crippen LogP contribution >= 0.6 is 0 Å². The largest absolute Gasteiger partial charge is 0.444 e. The van der Waals surface area contributed by atoms with E-state index in [0.717, 1.165) is 0 Å². The molecule has 0 saturated carbocycles. The Labute approximate surface area is 110 Å². The number of hydrogen-bond acceptors (Lipinski definition) is 3. The van der Waals surface area contributed by atoms with Crippen LogP contribution in [0.25, 0.3) is 0 Å². The highest BCUT2D eigenvalue weighted by Gasteiger charge is 2.47. The zero-order valence-electron chi connectivity index (χ0n) is 11.3. The van der Waals surface area contributed by atoms with E-state index in [-0.39, 0.29) is 19.5 Å². The summed E-state index contributed by atoms with van der Waals surface area (Å²) in [4.78, 5) is 13.0. The third-order valence-electron chi connectivity index (χ3n) is 3.04. The fourth-order valence-corrected chi connectivity index (χ4v) is 2.14. The van der Waals surface area contributed by atoms with Gasteiger partial charge in [-0.15, -0.1) is 0 Å². The lowest BCUT2D eigenvalue weighted by Gasteiger charge is -2.38. The Hall–Kier alpha value is -0.980. The summed E-state index contributed by atoms with van der Waals surface area (Å²) in [6, 6.07) is 0. The van der Waals surface area contributed by atoms with Crippen LogP contribution in [0.2, 0.25) is 0 Å². The summed E-state index contributed by atoms with van der Waals surface area (Å²) in [5, 5.41) is 9.08. The molecule has 1 rings (SSSR count). The second-order valence-electron chi connectivity index (χ2n) is 5.81. The standard InChI is InChI=1S/C12H20F3NO3/c1-11(2,3)19-10(18)16-5-4-9(12(13,14)15)8(6-16)7-17/h8-9,17H,4-7H2,1-3H3. The molecule has 1 aliphatic heterocycles. The van der Waals surface area contributed by atoms with Crippen molar-refractivity contribution in [3.8, 4) is 0 Å². The fraction of sp³-hybridized carbons (Fsp3) is 0.917. The van der Waals surface area contributed by atoms with Crippen LogP contribution in [0.4, 0.5) is 18.0 Å². The molecule has 0 radical (unpaired) electrons. The van der Waals surface area contributed by atoms with Gasteiger partial charge in [-0.25, -0.2) is 4.79 Å². The summed E-state index contributed by atoms with van der Waals surface area (Å²) < 4.78 is 43.3. The van der Waals surface area contributed by atoms with Gasteiger partial charge in [0, 0.05) is 25.6 Å². The van der Waals surface area contributed by atoms with Crippen LogP contribution in [0.5, 0.6) is 0 Å². The van der Waals surface area contributed by atoms with Crippen molar-refractivity contribution in [2.24, 2.45) is 11.8 Å². The van der Waals surface area contributed by atoms with E-state index in [4.69, 9.17) is 9.84 Å². The second-order valence-corrected chi connectivity index (χ2v) is 5.81. The van der Waals surface area contributed by atoms with Crippen molar-refractivity contribution in [3.63, 3.8) is 0 Å². The van der Waals surface area contributed by atoms with Gasteiger partial charge in [0.1, 0.15) is 5.60 Å². The van der Waals surface area contributed by atoms with Crippen molar-refractivity contribution >= 4 is 6.09 Å². The monoisotopic (exact) mass is 283 g/mol. The van der Waals surface area contributed by atoms with Gasteiger partial charge in [-0.1, -0.05) is 0 Å². The predicted octanol–water partition coefficient (Wildman–Crippen LogP) is 2.41. The SMILES string of the molecule is CC(C)(C)OC(=O)N1CCC(C(F)(F)F)C(CO)C1. The number of aliphatic hydroxyl groups is 1. The molecule has 0 bridgehead atoms. The number of alkyl halides is 3. The highest BCUT2D eigenvalue weighted by atomic mass is 19.4. The Kier molecular flexibility index (Phi) is 4.71. The summed E-state index contributed by atoms with van der Waals surface area (Å²) in [5.41, 5.74) is -0.688. The van der Waals surface area contributed by atoms with E-state index in [2.05, 4.69) is 0 Å². The molecule has 4 nitrogen and oxygen atoms in total. The van der Waals surface area contributed by atoms with Crippen molar-refractivity contribution in [2.45, 2.75) is 39.0 Å². The highest BCUT2D eigenvalue weighted by Crippen LogP contribution is 2.37. The van der Waals surface area contributed by atoms with Crippen LogP contribution in [-0.4, -0.2) is 47.6 Å². The minimum Gasteiger partial charge on any atom is -0.444 e. The van der Waals surface area contributed by atoms with Crippen LogP contribution < -0.4 is 0 Å². The molecule has 19 heavy (non-hydrogen) atoms. The lowest BCUT2D eigenvalue weighted by molar-refractivity contribution is -0.203. The van der Waals surface area contributed by atoms with E-state index in [1.54, 1.807) is 20.8 Å². The Balaban J connectivity index is 2.67. The maximum atomic E-state index is 12.7. The van der Waals surface area contributed by atoms with Crippen LogP contribution in [0.3, 0.4) is 0 Å². The smallest absolute Gasteiger partial charge is 0.410 e. The van der Waals surface area contributed by atoms with E-state index in [9.17, 15) is 18.0 Å². The Morgan fingerprint density at radius 3 is 2.37 bits per heavy atom. The van der Waals surface area contributed by atoms with Gasteiger partial charge in [-0.05, 0) is 27.2 Å². The zero-order chi connectivity index (χ0) is 14.8. The highest BCUT2D eigenvalue weighted by molar-refractivity contribution is 5.68. The van der Waals surface area contributed by atoms with E-state index < -0.39 is 36.3 Å². The quantitative estimate of drug-likeness (QED) is 0.804. The zero-order valence-corrected chi connectivity index (χ0v) is 11.3. The van der Waals surface area contributed by atoms with Gasteiger partial charge in [0.15, 0.2) is 0 Å². The number of ether oxygens (including phenoxy) is 1. The number of hydrogen-bond donors (Lipinski definition) is 1. The normalized spacial score (nSPS) is 25.3. The number of amides is 1. The molecule has 1 saturated heterocycles. The maximum absolute atomic E-state index is 12.7. The van der Waals surface area contributed by atoms with Gasteiger partial charge in [0.05, 0.1) is 5.92 Å². The third-order valence-corrected chi connectivity index (χ3v) is 3.04. The molecule has 1 fully saturated rings. The number of likely N-dealkylation sites (tertiary alicyclic amines) is 1. The number of halogens is 3. The Morgan fingerprint density at radius 2 is 1.95 bits per heavy atom. The molecule has 0 spiro atoms. The van der Waals surface area contributed by atoms with Gasteiger partial charge < -0.3 is 14.7 Å². The number of rotatable bonds is 1. The summed E-state index contributed by atoms with van der Waals surface area (Å²) in [6.45, 7) is 4.35. The molecule has 1 amide bonds. The molecule has 0 aromatic carbocycles. The summed E-state index contributed by atoms with van der Waals surface area (Å²) in [6.07, 6.45) is -5.17. The minimum absolute atomic E-state index is 0.00438. The van der Waals surface area contributed by atoms with Crippen molar-refractivity contribution in [3.05, 3.63) is 0 Å². The molecule has 1 N–H and O–H groups in total. The average molecular weight is 283 g/mol. The first-order valence-corrected chi connectivity index (χ1v) is 6.20. The fourth-order valence-electron chi connectivity index (χ4n) is 2.14. The second kappa shape index (κ2) is 5.56. The van der Waals surface area contributed by atoms with E-state index >= 15 is 0 Å². The molecule has 112 valence electrons. The van der Waals surface area contributed by atoms with Gasteiger partial charge in [0.2, 0.25) is 0 Å². The number of carbonyl (C=O) groups excluding carboxylic acids is 1.